The summed E-state index contributed by atoms with van der Waals surface area (Å²) in [4.78, 5) is 10.5. The van der Waals surface area contributed by atoms with Crippen molar-refractivity contribution in [2.75, 3.05) is 0 Å². The Bertz CT molecular complexity index is 178. The van der Waals surface area contributed by atoms with Gasteiger partial charge in [0.1, 0.15) is 0 Å². The smallest absolute Gasteiger partial charge is 0.368 e. The summed E-state index contributed by atoms with van der Waals surface area (Å²) in [5, 5.41) is 8.64. The van der Waals surface area contributed by atoms with Crippen LogP contribution in [-0.4, -0.2) is 23.7 Å². The van der Waals surface area contributed by atoms with Gasteiger partial charge in [-0.2, -0.15) is 4.39 Å². The van der Waals surface area contributed by atoms with Crippen molar-refractivity contribution in [3.8, 4) is 0 Å². The molecule has 12 heavy (non-hydrogen) atoms. The van der Waals surface area contributed by atoms with E-state index in [1.165, 1.54) is 13.8 Å². The minimum absolute atomic E-state index is 0.995. The highest BCUT2D eigenvalue weighted by Crippen LogP contribution is 2.02. The maximum Gasteiger partial charge on any atom is 0.368 e. The van der Waals surface area contributed by atoms with E-state index in [1.807, 2.05) is 0 Å². The molecule has 5 heteroatoms. The van der Waals surface area contributed by atoms with Gasteiger partial charge >= 0.3 is 5.97 Å². The van der Waals surface area contributed by atoms with Crippen LogP contribution < -0.4 is 0 Å². The van der Waals surface area contributed by atoms with Crippen LogP contribution in [0.15, 0.2) is 12.4 Å². The Labute approximate surface area is 69.6 Å². The van der Waals surface area contributed by atoms with Gasteiger partial charge < -0.3 is 14.6 Å². The number of halogens is 1. The van der Waals surface area contributed by atoms with Crippen LogP contribution in [-0.2, 0) is 14.3 Å². The van der Waals surface area contributed by atoms with Crippen molar-refractivity contribution in [3.63, 3.8) is 0 Å². The second-order valence-electron chi connectivity index (χ2n) is 2.11. The number of ether oxygens (including phenoxy) is 2. The first kappa shape index (κ1) is 11.1. The predicted octanol–water partition coefficient (Wildman–Crippen LogP) is 0.714. The van der Waals surface area contributed by atoms with Gasteiger partial charge in [0, 0.05) is 0 Å². The molecule has 0 spiro atoms. The highest BCUT2D eigenvalue weighted by atomic mass is 19.1. The molecule has 0 saturated carbocycles. The molecule has 0 heterocycles. The van der Waals surface area contributed by atoms with Crippen molar-refractivity contribution in [1.29, 1.82) is 0 Å². The largest absolute Gasteiger partial charge is 0.431 e. The summed E-state index contributed by atoms with van der Waals surface area (Å²) in [5.41, 5.74) is 0. The molecule has 0 bridgehead atoms. The summed E-state index contributed by atoms with van der Waals surface area (Å²) in [6.07, 6.45) is -2.06. The first-order valence-electron chi connectivity index (χ1n) is 3.32. The molecule has 2 unspecified atom stereocenters. The predicted molar refractivity (Wildman–Crippen MR) is 38.6 cm³/mol. The van der Waals surface area contributed by atoms with Crippen LogP contribution in [0.1, 0.15) is 13.8 Å². The Kier molecular flexibility index (Phi) is 4.46. The molecule has 70 valence electrons. The van der Waals surface area contributed by atoms with Gasteiger partial charge in [0.15, 0.2) is 6.29 Å². The van der Waals surface area contributed by atoms with E-state index in [0.29, 0.717) is 0 Å². The fraction of sp³-hybridized carbons (Fsp3) is 0.571. The number of esters is 1. The van der Waals surface area contributed by atoms with Crippen LogP contribution in [0.4, 0.5) is 4.39 Å². The summed E-state index contributed by atoms with van der Waals surface area (Å²) < 4.78 is 20.9. The van der Waals surface area contributed by atoms with E-state index in [0.717, 1.165) is 0 Å². The highest BCUT2D eigenvalue weighted by Gasteiger charge is 2.13. The molecule has 4 nitrogen and oxygen atoms in total. The maximum atomic E-state index is 12.0. The molecule has 0 radical (unpaired) electrons. The lowest BCUT2D eigenvalue weighted by Gasteiger charge is -2.14. The standard InChI is InChI=1S/C7H11FO4/c1-4(8)7(10)12-6(3)11-5(2)9/h5-6,9H,1H2,2-3H3. The van der Waals surface area contributed by atoms with Gasteiger partial charge in [-0.25, -0.2) is 4.79 Å². The maximum absolute atomic E-state index is 12.0. The molecule has 0 aliphatic rings. The summed E-state index contributed by atoms with van der Waals surface area (Å²) in [6.45, 7) is 5.42. The Balaban J connectivity index is 3.76. The van der Waals surface area contributed by atoms with Crippen molar-refractivity contribution < 1.29 is 23.8 Å². The van der Waals surface area contributed by atoms with E-state index < -0.39 is 24.4 Å². The van der Waals surface area contributed by atoms with E-state index in [1.54, 1.807) is 0 Å². The molecular formula is C7H11FO4. The zero-order valence-electron chi connectivity index (χ0n) is 6.91. The Morgan fingerprint density at radius 1 is 1.58 bits per heavy atom. The molecule has 0 saturated heterocycles. The molecule has 0 fully saturated rings. The van der Waals surface area contributed by atoms with Crippen LogP contribution in [0.5, 0.6) is 0 Å². The van der Waals surface area contributed by atoms with Crippen LogP contribution in [0, 0.1) is 0 Å². The molecule has 2 atom stereocenters. The molecule has 0 aromatic carbocycles. The Morgan fingerprint density at radius 3 is 2.42 bits per heavy atom. The number of aliphatic hydroxyl groups excluding tert-OH is 1. The van der Waals surface area contributed by atoms with Crippen molar-refractivity contribution in [2.24, 2.45) is 0 Å². The molecular weight excluding hydrogens is 167 g/mol. The first-order chi connectivity index (χ1) is 5.43. The third kappa shape index (κ3) is 4.81. The van der Waals surface area contributed by atoms with Crippen LogP contribution in [0.2, 0.25) is 0 Å². The Morgan fingerprint density at radius 2 is 2.08 bits per heavy atom. The molecule has 0 aliphatic carbocycles. The highest BCUT2D eigenvalue weighted by molar-refractivity contribution is 5.85. The van der Waals surface area contributed by atoms with Crippen LogP contribution in [0.25, 0.3) is 0 Å². The summed E-state index contributed by atoms with van der Waals surface area (Å²) in [5.74, 6) is -2.39. The first-order valence-corrected chi connectivity index (χ1v) is 3.32. The van der Waals surface area contributed by atoms with E-state index in [9.17, 15) is 9.18 Å². The number of carbonyl (C=O) groups excluding carboxylic acids is 1. The zero-order chi connectivity index (χ0) is 9.72. The quantitative estimate of drug-likeness (QED) is 0.391. The lowest BCUT2D eigenvalue weighted by molar-refractivity contribution is -0.212. The van der Waals surface area contributed by atoms with E-state index in [2.05, 4.69) is 16.1 Å². The van der Waals surface area contributed by atoms with Gasteiger partial charge in [-0.3, -0.25) is 0 Å². The molecule has 0 aromatic rings. The van der Waals surface area contributed by atoms with Gasteiger partial charge in [0.2, 0.25) is 12.1 Å². The average molecular weight is 178 g/mol. The lowest BCUT2D eigenvalue weighted by Crippen LogP contribution is -2.22. The van der Waals surface area contributed by atoms with Crippen LogP contribution in [0.3, 0.4) is 0 Å². The zero-order valence-corrected chi connectivity index (χ0v) is 6.91. The molecule has 0 amide bonds. The van der Waals surface area contributed by atoms with Gasteiger partial charge in [-0.15, -0.1) is 0 Å². The summed E-state index contributed by atoms with van der Waals surface area (Å²) in [6, 6.07) is 0. The van der Waals surface area contributed by atoms with Crippen LogP contribution >= 0.6 is 0 Å². The lowest BCUT2D eigenvalue weighted by atomic mass is 10.6. The van der Waals surface area contributed by atoms with Crippen molar-refractivity contribution >= 4 is 5.97 Å². The molecule has 0 rings (SSSR count). The topological polar surface area (TPSA) is 55.8 Å². The Hall–Kier alpha value is -0.940. The van der Waals surface area contributed by atoms with Gasteiger partial charge in [0.05, 0.1) is 0 Å². The second kappa shape index (κ2) is 4.84. The van der Waals surface area contributed by atoms with E-state index in [-0.39, 0.29) is 0 Å². The SMILES string of the molecule is C=C(F)C(=O)OC(C)OC(C)O. The minimum Gasteiger partial charge on any atom is -0.431 e. The number of hydrogen-bond donors (Lipinski definition) is 1. The van der Waals surface area contributed by atoms with Crippen molar-refractivity contribution in [1.82, 2.24) is 0 Å². The van der Waals surface area contributed by atoms with Crippen molar-refractivity contribution in [3.05, 3.63) is 12.4 Å². The average Bonchev–Trinajstić information content (AvgIpc) is 1.84. The molecule has 0 aromatic heterocycles. The van der Waals surface area contributed by atoms with Gasteiger partial charge in [-0.1, -0.05) is 6.58 Å². The fourth-order valence-electron chi connectivity index (χ4n) is 0.520. The third-order valence-electron chi connectivity index (χ3n) is 0.883. The fourth-order valence-corrected chi connectivity index (χ4v) is 0.520. The van der Waals surface area contributed by atoms with Gasteiger partial charge in [0.25, 0.3) is 0 Å². The monoisotopic (exact) mass is 178 g/mol. The molecule has 0 aliphatic heterocycles. The normalized spacial score (nSPS) is 15.0. The molecule has 1 N–H and O–H groups in total. The van der Waals surface area contributed by atoms with Crippen molar-refractivity contribution in [2.45, 2.75) is 26.4 Å². The number of aliphatic hydroxyl groups is 1. The number of hydrogen-bond acceptors (Lipinski definition) is 4. The van der Waals surface area contributed by atoms with E-state index >= 15 is 0 Å². The third-order valence-corrected chi connectivity index (χ3v) is 0.883. The minimum atomic E-state index is -1.20. The summed E-state index contributed by atoms with van der Waals surface area (Å²) >= 11 is 0. The van der Waals surface area contributed by atoms with E-state index in [4.69, 9.17) is 5.11 Å². The van der Waals surface area contributed by atoms with Gasteiger partial charge in [-0.05, 0) is 13.8 Å². The number of carbonyl (C=O) groups is 1. The second-order valence-corrected chi connectivity index (χ2v) is 2.11. The summed E-state index contributed by atoms with van der Waals surface area (Å²) in [7, 11) is 0. The number of rotatable bonds is 4.